The van der Waals surface area contributed by atoms with E-state index in [0.29, 0.717) is 0 Å². The maximum absolute atomic E-state index is 9.10. The molecule has 0 aromatic heterocycles. The van der Waals surface area contributed by atoms with E-state index in [1.165, 1.54) is 62.1 Å². The Labute approximate surface area is 189 Å². The van der Waals surface area contributed by atoms with Crippen LogP contribution in [0.5, 0.6) is 5.75 Å². The van der Waals surface area contributed by atoms with Gasteiger partial charge in [0.2, 0.25) is 0 Å². The first-order chi connectivity index (χ1) is 15.5. The van der Waals surface area contributed by atoms with Crippen molar-refractivity contribution in [2.24, 2.45) is 0 Å². The zero-order valence-corrected chi connectivity index (χ0v) is 18.4. The number of fused-ring (bicyclic) bond motifs is 1. The highest BCUT2D eigenvalue weighted by molar-refractivity contribution is 6.27. The number of benzene rings is 2. The molecule has 4 rings (SSSR count). The van der Waals surface area contributed by atoms with E-state index in [9.17, 15) is 0 Å². The van der Waals surface area contributed by atoms with E-state index >= 15 is 0 Å². The number of ether oxygens (including phenoxy) is 1. The molecule has 0 unspecified atom stereocenters. The Bertz CT molecular complexity index is 867. The molecule has 1 heterocycles. The second-order valence-electron chi connectivity index (χ2n) is 8.20. The average Bonchev–Trinajstić information content (AvgIpc) is 3.27. The predicted octanol–water partition coefficient (Wildman–Crippen LogP) is 2.92. The molecule has 32 heavy (non-hydrogen) atoms. The maximum Gasteiger partial charge on any atom is 0.414 e. The summed E-state index contributed by atoms with van der Waals surface area (Å²) in [6.45, 7) is 7.72. The number of aliphatic carboxylic acids is 2. The molecule has 0 spiro atoms. The lowest BCUT2D eigenvalue weighted by atomic mass is 10.1. The number of aryl methyl sites for hydroxylation is 2. The Morgan fingerprint density at radius 3 is 2.19 bits per heavy atom. The van der Waals surface area contributed by atoms with Gasteiger partial charge in [0.1, 0.15) is 5.75 Å². The van der Waals surface area contributed by atoms with E-state index in [0.717, 1.165) is 31.9 Å². The van der Waals surface area contributed by atoms with Crippen molar-refractivity contribution in [3.05, 3.63) is 65.2 Å². The van der Waals surface area contributed by atoms with Crippen LogP contribution in [-0.2, 0) is 29.0 Å². The van der Waals surface area contributed by atoms with Crippen LogP contribution in [0.15, 0.2) is 48.5 Å². The monoisotopic (exact) mass is 440 g/mol. The summed E-state index contributed by atoms with van der Waals surface area (Å²) in [5, 5.41) is 14.8. The van der Waals surface area contributed by atoms with Crippen LogP contribution in [0.1, 0.15) is 29.5 Å². The molecule has 0 saturated carbocycles. The van der Waals surface area contributed by atoms with E-state index in [-0.39, 0.29) is 0 Å². The van der Waals surface area contributed by atoms with Gasteiger partial charge in [-0.1, -0.05) is 36.4 Å². The summed E-state index contributed by atoms with van der Waals surface area (Å²) in [7, 11) is 0. The number of carbonyl (C=O) groups is 2. The second kappa shape index (κ2) is 12.2. The first-order valence-corrected chi connectivity index (χ1v) is 11.2. The Hall–Kier alpha value is -2.90. The average molecular weight is 441 g/mol. The molecule has 2 aliphatic rings. The molecule has 0 atom stereocenters. The van der Waals surface area contributed by atoms with Gasteiger partial charge in [0.05, 0.1) is 6.61 Å². The molecule has 0 bridgehead atoms. The molecule has 2 N–H and O–H groups in total. The second-order valence-corrected chi connectivity index (χ2v) is 8.20. The van der Waals surface area contributed by atoms with Crippen molar-refractivity contribution in [3.8, 4) is 5.75 Å². The number of piperazine rings is 1. The lowest BCUT2D eigenvalue weighted by molar-refractivity contribution is -0.159. The molecule has 0 radical (unpaired) electrons. The number of carboxylic acid groups (broad SMARTS) is 2. The van der Waals surface area contributed by atoms with Gasteiger partial charge in [-0.25, -0.2) is 9.59 Å². The van der Waals surface area contributed by atoms with Crippen LogP contribution in [0.3, 0.4) is 0 Å². The lowest BCUT2D eigenvalue weighted by Gasteiger charge is -2.34. The number of nitrogens with zero attached hydrogens (tertiary/aromatic N) is 2. The predicted molar refractivity (Wildman–Crippen MR) is 122 cm³/mol. The van der Waals surface area contributed by atoms with Crippen LogP contribution in [0.2, 0.25) is 0 Å². The third-order valence-electron chi connectivity index (χ3n) is 5.85. The van der Waals surface area contributed by atoms with Crippen molar-refractivity contribution in [1.82, 2.24) is 9.80 Å². The largest absolute Gasteiger partial charge is 0.494 e. The first-order valence-electron chi connectivity index (χ1n) is 11.2. The first kappa shape index (κ1) is 23.8. The molecule has 1 saturated heterocycles. The Kier molecular flexibility index (Phi) is 9.07. The fourth-order valence-corrected chi connectivity index (χ4v) is 4.13. The highest BCUT2D eigenvalue weighted by Crippen LogP contribution is 2.26. The fraction of sp³-hybridized carbons (Fsp3) is 0.440. The van der Waals surface area contributed by atoms with Gasteiger partial charge in [0.15, 0.2) is 0 Å². The van der Waals surface area contributed by atoms with Gasteiger partial charge in [0.25, 0.3) is 0 Å². The molecule has 2 aromatic rings. The van der Waals surface area contributed by atoms with Crippen LogP contribution in [0.4, 0.5) is 0 Å². The van der Waals surface area contributed by atoms with E-state index in [1.54, 1.807) is 0 Å². The molecule has 7 nitrogen and oxygen atoms in total. The van der Waals surface area contributed by atoms with Gasteiger partial charge in [-0.15, -0.1) is 0 Å². The highest BCUT2D eigenvalue weighted by Gasteiger charge is 2.16. The Balaban J connectivity index is 0.000000427. The molecule has 172 valence electrons. The van der Waals surface area contributed by atoms with Crippen molar-refractivity contribution in [2.75, 3.05) is 39.3 Å². The number of hydrogen-bond acceptors (Lipinski definition) is 5. The summed E-state index contributed by atoms with van der Waals surface area (Å²) < 4.78 is 5.99. The van der Waals surface area contributed by atoms with Gasteiger partial charge < -0.3 is 19.8 Å². The normalized spacial score (nSPS) is 16.0. The van der Waals surface area contributed by atoms with Crippen molar-refractivity contribution >= 4 is 11.9 Å². The van der Waals surface area contributed by atoms with Crippen molar-refractivity contribution in [3.63, 3.8) is 0 Å². The van der Waals surface area contributed by atoms with E-state index in [1.807, 2.05) is 0 Å². The molecule has 7 heteroatoms. The molecule has 1 aliphatic carbocycles. The summed E-state index contributed by atoms with van der Waals surface area (Å²) in [6.07, 6.45) is 4.87. The standard InChI is InChI=1S/C23H30N2O.C2H2O4/c1-2-6-20(7-3-1)19-25-15-13-24(14-16-25)12-5-17-26-23-11-10-21-8-4-9-22(21)18-23;3-1(4)2(5)6/h1-3,6-7,10-11,18H,4-5,8-9,12-17,19H2;(H,3,4)(H,5,6). The zero-order chi connectivity index (χ0) is 22.8. The summed E-state index contributed by atoms with van der Waals surface area (Å²) in [5.41, 5.74) is 4.44. The van der Waals surface area contributed by atoms with Crippen LogP contribution in [0.25, 0.3) is 0 Å². The molecule has 0 amide bonds. The third kappa shape index (κ3) is 7.66. The van der Waals surface area contributed by atoms with Gasteiger partial charge in [0, 0.05) is 39.3 Å². The van der Waals surface area contributed by atoms with Gasteiger partial charge in [-0.05, 0) is 54.5 Å². The van der Waals surface area contributed by atoms with E-state index < -0.39 is 11.9 Å². The van der Waals surface area contributed by atoms with Crippen molar-refractivity contribution in [1.29, 1.82) is 0 Å². The molecular formula is C25H32N2O5. The zero-order valence-electron chi connectivity index (χ0n) is 18.4. The van der Waals surface area contributed by atoms with Crippen LogP contribution in [-0.4, -0.2) is 71.3 Å². The highest BCUT2D eigenvalue weighted by atomic mass is 16.5. The summed E-state index contributed by atoms with van der Waals surface area (Å²) in [6, 6.07) is 17.5. The minimum absolute atomic E-state index is 0.822. The number of rotatable bonds is 7. The van der Waals surface area contributed by atoms with Crippen LogP contribution in [0, 0.1) is 0 Å². The quantitative estimate of drug-likeness (QED) is 0.505. The molecular weight excluding hydrogens is 408 g/mol. The molecule has 1 fully saturated rings. The van der Waals surface area contributed by atoms with Crippen LogP contribution < -0.4 is 4.74 Å². The Morgan fingerprint density at radius 2 is 1.50 bits per heavy atom. The SMILES string of the molecule is O=C(O)C(=O)O.c1ccc(CN2CCN(CCCOc3ccc4c(c3)CCC4)CC2)cc1. The maximum atomic E-state index is 9.10. The lowest BCUT2D eigenvalue weighted by Crippen LogP contribution is -2.46. The van der Waals surface area contributed by atoms with Crippen LogP contribution >= 0.6 is 0 Å². The topological polar surface area (TPSA) is 90.3 Å². The Morgan fingerprint density at radius 1 is 0.844 bits per heavy atom. The molecule has 2 aromatic carbocycles. The minimum atomic E-state index is -1.82. The fourth-order valence-electron chi connectivity index (χ4n) is 4.13. The number of hydrogen-bond donors (Lipinski definition) is 2. The summed E-state index contributed by atoms with van der Waals surface area (Å²) >= 11 is 0. The van der Waals surface area contributed by atoms with Gasteiger partial charge in [-0.2, -0.15) is 0 Å². The third-order valence-corrected chi connectivity index (χ3v) is 5.85. The van der Waals surface area contributed by atoms with Crippen molar-refractivity contribution in [2.45, 2.75) is 32.2 Å². The van der Waals surface area contributed by atoms with E-state index in [2.05, 4.69) is 58.3 Å². The smallest absolute Gasteiger partial charge is 0.414 e. The summed E-state index contributed by atoms with van der Waals surface area (Å²) in [4.78, 5) is 23.3. The van der Waals surface area contributed by atoms with Crippen molar-refractivity contribution < 1.29 is 24.5 Å². The van der Waals surface area contributed by atoms with Gasteiger partial charge >= 0.3 is 11.9 Å². The van der Waals surface area contributed by atoms with E-state index in [4.69, 9.17) is 24.5 Å². The minimum Gasteiger partial charge on any atom is -0.494 e. The summed E-state index contributed by atoms with van der Waals surface area (Å²) in [5.74, 6) is -2.59. The van der Waals surface area contributed by atoms with Gasteiger partial charge in [-0.3, -0.25) is 4.90 Å². The molecule has 1 aliphatic heterocycles. The number of carboxylic acids is 2.